The van der Waals surface area contributed by atoms with Gasteiger partial charge in [0.05, 0.1) is 0 Å². The second kappa shape index (κ2) is 5.59. The van der Waals surface area contributed by atoms with Gasteiger partial charge in [0, 0.05) is 13.2 Å². The van der Waals surface area contributed by atoms with Crippen molar-refractivity contribution < 1.29 is 4.74 Å². The van der Waals surface area contributed by atoms with Crippen molar-refractivity contribution in [1.82, 2.24) is 0 Å². The molecule has 1 aliphatic rings. The highest BCUT2D eigenvalue weighted by Crippen LogP contribution is 2.25. The Kier molecular flexibility index (Phi) is 4.60. The topological polar surface area (TPSA) is 9.23 Å². The summed E-state index contributed by atoms with van der Waals surface area (Å²) in [6, 6.07) is 0. The molecule has 0 heterocycles. The number of hydrogen-bond acceptors (Lipinski definition) is 1. The van der Waals surface area contributed by atoms with Gasteiger partial charge in [0.15, 0.2) is 0 Å². The van der Waals surface area contributed by atoms with Crippen molar-refractivity contribution in [1.29, 1.82) is 0 Å². The van der Waals surface area contributed by atoms with Crippen LogP contribution in [-0.2, 0) is 4.74 Å². The van der Waals surface area contributed by atoms with Gasteiger partial charge < -0.3 is 4.74 Å². The first-order chi connectivity index (χ1) is 5.43. The molecule has 0 amide bonds. The lowest BCUT2D eigenvalue weighted by Crippen LogP contribution is -2.09. The Bertz CT molecular complexity index is 84.9. The quantitative estimate of drug-likeness (QED) is 0.568. The third-order valence-electron chi connectivity index (χ3n) is 2.60. The first-order valence-electron chi connectivity index (χ1n) is 5.01. The number of rotatable bonds is 4. The molecule has 1 rings (SSSR count). The SMILES string of the molecule is CCOCCC1CCCCC1. The molecule has 0 saturated heterocycles. The van der Waals surface area contributed by atoms with Crippen molar-refractivity contribution >= 4 is 0 Å². The van der Waals surface area contributed by atoms with Crippen LogP contribution in [0.3, 0.4) is 0 Å². The summed E-state index contributed by atoms with van der Waals surface area (Å²) in [6.45, 7) is 3.94. The molecule has 1 nitrogen and oxygen atoms in total. The van der Waals surface area contributed by atoms with Gasteiger partial charge in [-0.15, -0.1) is 0 Å². The summed E-state index contributed by atoms with van der Waals surface area (Å²) in [5.74, 6) is 0.982. The zero-order valence-corrected chi connectivity index (χ0v) is 7.64. The normalized spacial score (nSPS) is 20.5. The van der Waals surface area contributed by atoms with Gasteiger partial charge in [-0.05, 0) is 19.3 Å². The standard InChI is InChI=1S/C10H20O/c1-2-11-9-8-10-6-4-3-5-7-10/h10H,2-9H2,1H3. The molecular weight excluding hydrogens is 136 g/mol. The molecule has 66 valence electrons. The third kappa shape index (κ3) is 3.76. The molecule has 1 aliphatic carbocycles. The van der Waals surface area contributed by atoms with Crippen molar-refractivity contribution in [3.8, 4) is 0 Å². The van der Waals surface area contributed by atoms with Crippen molar-refractivity contribution in [2.45, 2.75) is 45.4 Å². The maximum absolute atomic E-state index is 5.34. The van der Waals surface area contributed by atoms with Crippen LogP contribution in [-0.4, -0.2) is 13.2 Å². The largest absolute Gasteiger partial charge is 0.382 e. The lowest BCUT2D eigenvalue weighted by Gasteiger charge is -2.20. The van der Waals surface area contributed by atoms with Crippen LogP contribution < -0.4 is 0 Å². The highest BCUT2D eigenvalue weighted by atomic mass is 16.5. The maximum Gasteiger partial charge on any atom is 0.0468 e. The van der Waals surface area contributed by atoms with E-state index in [4.69, 9.17) is 4.74 Å². The molecule has 0 N–H and O–H groups in total. The van der Waals surface area contributed by atoms with Gasteiger partial charge >= 0.3 is 0 Å². The smallest absolute Gasteiger partial charge is 0.0468 e. The van der Waals surface area contributed by atoms with Crippen LogP contribution in [0.15, 0.2) is 0 Å². The average Bonchev–Trinajstić information content (AvgIpc) is 2.07. The molecule has 0 unspecified atom stereocenters. The van der Waals surface area contributed by atoms with Crippen molar-refractivity contribution in [3.63, 3.8) is 0 Å². The number of hydrogen-bond donors (Lipinski definition) is 0. The summed E-state index contributed by atoms with van der Waals surface area (Å²) in [5.41, 5.74) is 0. The molecule has 0 bridgehead atoms. The Morgan fingerprint density at radius 3 is 2.55 bits per heavy atom. The minimum absolute atomic E-state index is 0.882. The maximum atomic E-state index is 5.34. The van der Waals surface area contributed by atoms with E-state index in [0.29, 0.717) is 0 Å². The first-order valence-corrected chi connectivity index (χ1v) is 5.01. The minimum atomic E-state index is 0.882. The zero-order valence-electron chi connectivity index (χ0n) is 7.64. The summed E-state index contributed by atoms with van der Waals surface area (Å²) >= 11 is 0. The second-order valence-corrected chi connectivity index (χ2v) is 3.49. The molecule has 1 heteroatoms. The highest BCUT2D eigenvalue weighted by molar-refractivity contribution is 4.65. The van der Waals surface area contributed by atoms with Crippen LogP contribution in [0.4, 0.5) is 0 Å². The van der Waals surface area contributed by atoms with Crippen LogP contribution in [0.2, 0.25) is 0 Å². The molecular formula is C10H20O. The Morgan fingerprint density at radius 2 is 1.91 bits per heavy atom. The molecule has 0 atom stereocenters. The predicted molar refractivity (Wildman–Crippen MR) is 47.7 cm³/mol. The summed E-state index contributed by atoms with van der Waals surface area (Å²) in [6.07, 6.45) is 8.58. The van der Waals surface area contributed by atoms with Crippen LogP contribution >= 0.6 is 0 Å². The van der Waals surface area contributed by atoms with Gasteiger partial charge in [0.25, 0.3) is 0 Å². The lowest BCUT2D eigenvalue weighted by molar-refractivity contribution is 0.125. The van der Waals surface area contributed by atoms with Crippen LogP contribution in [0, 0.1) is 5.92 Å². The molecule has 11 heavy (non-hydrogen) atoms. The van der Waals surface area contributed by atoms with Gasteiger partial charge in [-0.3, -0.25) is 0 Å². The van der Waals surface area contributed by atoms with E-state index in [-0.39, 0.29) is 0 Å². The molecule has 0 aromatic heterocycles. The monoisotopic (exact) mass is 156 g/mol. The van der Waals surface area contributed by atoms with E-state index in [1.807, 2.05) is 0 Å². The molecule has 1 saturated carbocycles. The molecule has 1 fully saturated rings. The molecule has 0 spiro atoms. The van der Waals surface area contributed by atoms with Crippen molar-refractivity contribution in [2.75, 3.05) is 13.2 Å². The molecule has 0 aromatic rings. The fourth-order valence-electron chi connectivity index (χ4n) is 1.87. The van der Waals surface area contributed by atoms with E-state index in [0.717, 1.165) is 19.1 Å². The molecule has 0 radical (unpaired) electrons. The van der Waals surface area contributed by atoms with E-state index < -0.39 is 0 Å². The van der Waals surface area contributed by atoms with E-state index in [1.165, 1.54) is 38.5 Å². The minimum Gasteiger partial charge on any atom is -0.382 e. The summed E-state index contributed by atoms with van der Waals surface area (Å²) in [5, 5.41) is 0. The fourth-order valence-corrected chi connectivity index (χ4v) is 1.87. The van der Waals surface area contributed by atoms with Crippen LogP contribution in [0.25, 0.3) is 0 Å². The third-order valence-corrected chi connectivity index (χ3v) is 2.60. The first kappa shape index (κ1) is 9.05. The van der Waals surface area contributed by atoms with E-state index >= 15 is 0 Å². The van der Waals surface area contributed by atoms with Gasteiger partial charge in [-0.25, -0.2) is 0 Å². The van der Waals surface area contributed by atoms with Crippen LogP contribution in [0.1, 0.15) is 45.4 Å². The van der Waals surface area contributed by atoms with Gasteiger partial charge in [-0.2, -0.15) is 0 Å². The Labute approximate surface area is 70.1 Å². The zero-order chi connectivity index (χ0) is 7.94. The summed E-state index contributed by atoms with van der Waals surface area (Å²) < 4.78 is 5.34. The van der Waals surface area contributed by atoms with E-state index in [9.17, 15) is 0 Å². The Hall–Kier alpha value is -0.0400. The van der Waals surface area contributed by atoms with Crippen molar-refractivity contribution in [2.24, 2.45) is 5.92 Å². The number of ether oxygens (including phenoxy) is 1. The summed E-state index contributed by atoms with van der Waals surface area (Å²) in [4.78, 5) is 0. The molecule has 0 aromatic carbocycles. The average molecular weight is 156 g/mol. The van der Waals surface area contributed by atoms with Gasteiger partial charge in [0.2, 0.25) is 0 Å². The predicted octanol–water partition coefficient (Wildman–Crippen LogP) is 2.99. The summed E-state index contributed by atoms with van der Waals surface area (Å²) in [7, 11) is 0. The highest BCUT2D eigenvalue weighted by Gasteiger charge is 2.12. The molecule has 0 aliphatic heterocycles. The van der Waals surface area contributed by atoms with Crippen LogP contribution in [0.5, 0.6) is 0 Å². The van der Waals surface area contributed by atoms with Crippen molar-refractivity contribution in [3.05, 3.63) is 0 Å². The Balaban J connectivity index is 1.96. The van der Waals surface area contributed by atoms with E-state index in [1.54, 1.807) is 0 Å². The Morgan fingerprint density at radius 1 is 1.18 bits per heavy atom. The fraction of sp³-hybridized carbons (Fsp3) is 1.00. The lowest BCUT2D eigenvalue weighted by atomic mass is 9.87. The second-order valence-electron chi connectivity index (χ2n) is 3.49. The van der Waals surface area contributed by atoms with E-state index in [2.05, 4.69) is 6.92 Å². The van der Waals surface area contributed by atoms with Gasteiger partial charge in [0.1, 0.15) is 0 Å². The van der Waals surface area contributed by atoms with Gasteiger partial charge in [-0.1, -0.05) is 32.1 Å².